The minimum atomic E-state index is -1.19. The number of carbonyl (C=O) groups excluding carboxylic acids is 1. The molecule has 11 heteroatoms. The molecule has 1 fully saturated rings. The molecule has 6 rings (SSSR count). The van der Waals surface area contributed by atoms with Crippen molar-refractivity contribution in [2.75, 3.05) is 40.3 Å². The Hall–Kier alpha value is -5.29. The Kier molecular flexibility index (Phi) is 7.48. The minimum absolute atomic E-state index is 0.0858. The highest BCUT2D eigenvalue weighted by atomic mass is 16.5. The Morgan fingerprint density at radius 3 is 2.39 bits per heavy atom. The van der Waals surface area contributed by atoms with E-state index in [-0.39, 0.29) is 40.2 Å². The average Bonchev–Trinajstić information content (AvgIpc) is 3.03. The van der Waals surface area contributed by atoms with E-state index in [1.165, 1.54) is 13.2 Å². The maximum absolute atomic E-state index is 13.8. The number of aromatic nitrogens is 1. The van der Waals surface area contributed by atoms with Crippen LogP contribution in [0.15, 0.2) is 74.7 Å². The Morgan fingerprint density at radius 1 is 0.955 bits per heavy atom. The summed E-state index contributed by atoms with van der Waals surface area (Å²) in [5.41, 5.74) is -0.482. The van der Waals surface area contributed by atoms with Gasteiger partial charge in [0, 0.05) is 72.2 Å². The Labute approximate surface area is 251 Å². The third kappa shape index (κ3) is 5.11. The minimum Gasteiger partial charge on any atom is -0.504 e. The molecule has 0 spiro atoms. The molecule has 0 aliphatic carbocycles. The van der Waals surface area contributed by atoms with E-state index in [9.17, 15) is 29.7 Å². The van der Waals surface area contributed by atoms with E-state index in [0.29, 0.717) is 48.4 Å². The first kappa shape index (κ1) is 28.8. The normalized spacial score (nSPS) is 14.6. The zero-order chi connectivity index (χ0) is 31.1. The number of hydrogen-bond acceptors (Lipinski definition) is 9. The number of benzene rings is 3. The third-order valence-electron chi connectivity index (χ3n) is 8.23. The van der Waals surface area contributed by atoms with Crippen LogP contribution >= 0.6 is 0 Å². The van der Waals surface area contributed by atoms with Gasteiger partial charge < -0.3 is 39.3 Å². The molecule has 226 valence electrons. The van der Waals surface area contributed by atoms with E-state index in [0.717, 1.165) is 0 Å². The first-order chi connectivity index (χ1) is 21.2. The molecule has 4 N–H and O–H groups in total. The average molecular weight is 598 g/mol. The summed E-state index contributed by atoms with van der Waals surface area (Å²) in [6, 6.07) is 16.6. The summed E-state index contributed by atoms with van der Waals surface area (Å²) in [5.74, 6) is -3.44. The molecule has 1 amide bonds. The van der Waals surface area contributed by atoms with Crippen LogP contribution in [0.3, 0.4) is 0 Å². The van der Waals surface area contributed by atoms with Gasteiger partial charge in [-0.1, -0.05) is 30.3 Å². The summed E-state index contributed by atoms with van der Waals surface area (Å²) in [6.45, 7) is 2.26. The summed E-state index contributed by atoms with van der Waals surface area (Å²) >= 11 is 0. The summed E-state index contributed by atoms with van der Waals surface area (Å²) in [5, 5.41) is 33.2. The molecule has 0 bridgehead atoms. The highest BCUT2D eigenvalue weighted by Crippen LogP contribution is 2.49. The lowest BCUT2D eigenvalue weighted by molar-refractivity contribution is -0.133. The van der Waals surface area contributed by atoms with Crippen molar-refractivity contribution in [2.45, 2.75) is 12.3 Å². The smallest absolute Gasteiger partial charge is 0.252 e. The number of H-pyrrole nitrogens is 1. The number of phenolic OH excluding ortho intramolecular Hbond substituents is 3. The molecule has 44 heavy (non-hydrogen) atoms. The number of methoxy groups -OCH3 is 1. The molecule has 0 radical (unpaired) electrons. The van der Waals surface area contributed by atoms with Crippen molar-refractivity contribution in [3.63, 3.8) is 0 Å². The van der Waals surface area contributed by atoms with E-state index in [1.807, 2.05) is 7.05 Å². The summed E-state index contributed by atoms with van der Waals surface area (Å²) < 4.78 is 11.5. The zero-order valence-electron chi connectivity index (χ0n) is 24.2. The van der Waals surface area contributed by atoms with Gasteiger partial charge in [0.25, 0.3) is 5.56 Å². The molecule has 3 heterocycles. The number of pyridine rings is 1. The lowest BCUT2D eigenvalue weighted by Crippen LogP contribution is -2.47. The van der Waals surface area contributed by atoms with E-state index in [1.54, 1.807) is 59.5 Å². The van der Waals surface area contributed by atoms with Crippen LogP contribution < -0.4 is 15.7 Å². The van der Waals surface area contributed by atoms with E-state index in [2.05, 4.69) is 9.88 Å². The number of rotatable bonds is 6. The maximum Gasteiger partial charge on any atom is 0.252 e. The van der Waals surface area contributed by atoms with Gasteiger partial charge in [-0.15, -0.1) is 0 Å². The Morgan fingerprint density at radius 2 is 1.68 bits per heavy atom. The number of aromatic hydroxyl groups is 3. The second-order valence-corrected chi connectivity index (χ2v) is 11.0. The number of nitrogens with zero attached hydrogens (tertiary/aromatic N) is 2. The van der Waals surface area contributed by atoms with Gasteiger partial charge in [-0.25, -0.2) is 0 Å². The predicted molar refractivity (Wildman–Crippen MR) is 165 cm³/mol. The van der Waals surface area contributed by atoms with Crippen LogP contribution in [0.1, 0.15) is 23.5 Å². The van der Waals surface area contributed by atoms with Crippen molar-refractivity contribution in [1.82, 2.24) is 14.8 Å². The molecule has 0 unspecified atom stereocenters. The fourth-order valence-corrected chi connectivity index (χ4v) is 5.76. The van der Waals surface area contributed by atoms with Crippen LogP contribution in [-0.4, -0.2) is 76.3 Å². The van der Waals surface area contributed by atoms with E-state index >= 15 is 0 Å². The first-order valence-electron chi connectivity index (χ1n) is 14.1. The predicted octanol–water partition coefficient (Wildman–Crippen LogP) is 3.72. The van der Waals surface area contributed by atoms with Crippen molar-refractivity contribution in [2.24, 2.45) is 0 Å². The number of piperazine rings is 1. The third-order valence-corrected chi connectivity index (χ3v) is 8.23. The fourth-order valence-electron chi connectivity index (χ4n) is 5.76. The van der Waals surface area contributed by atoms with Crippen molar-refractivity contribution >= 4 is 27.8 Å². The Bertz CT molecular complexity index is 2010. The van der Waals surface area contributed by atoms with Crippen LogP contribution in [0.25, 0.3) is 33.2 Å². The van der Waals surface area contributed by atoms with Crippen LogP contribution in [0.4, 0.5) is 0 Å². The molecule has 3 aromatic carbocycles. The molecule has 1 aliphatic rings. The summed E-state index contributed by atoms with van der Waals surface area (Å²) in [6.07, 6.45) is -0.297. The second kappa shape index (κ2) is 11.4. The summed E-state index contributed by atoms with van der Waals surface area (Å²) in [4.78, 5) is 47.4. The van der Waals surface area contributed by atoms with Gasteiger partial charge in [-0.2, -0.15) is 0 Å². The monoisotopic (exact) mass is 597 g/mol. The molecule has 11 nitrogen and oxygen atoms in total. The molecule has 0 saturated carbocycles. The summed E-state index contributed by atoms with van der Waals surface area (Å²) in [7, 11) is 3.48. The lowest BCUT2D eigenvalue weighted by atomic mass is 9.85. The van der Waals surface area contributed by atoms with Crippen molar-refractivity contribution in [3.8, 4) is 34.3 Å². The van der Waals surface area contributed by atoms with E-state index < -0.39 is 34.2 Å². The number of ether oxygens (including phenoxy) is 1. The number of nitrogens with one attached hydrogen (secondary N) is 1. The SMILES string of the molecule is COc1ccc2[nH]c(=O)c([C@H](CC(=O)N3CCN(C)CC3)c3c(O)c(O)c(O)c4c(=O)cc(-c5ccccc5)oc34)cc2c1. The van der Waals surface area contributed by atoms with Crippen molar-refractivity contribution in [3.05, 3.63) is 92.4 Å². The number of aromatic amines is 1. The number of phenols is 3. The largest absolute Gasteiger partial charge is 0.504 e. The Balaban J connectivity index is 1.63. The topological polar surface area (TPSA) is 157 Å². The molecular weight excluding hydrogens is 566 g/mol. The molecule has 1 aliphatic heterocycles. The molecule has 5 aromatic rings. The number of carbonyl (C=O) groups is 1. The van der Waals surface area contributed by atoms with Gasteiger partial charge in [0.2, 0.25) is 11.7 Å². The first-order valence-corrected chi connectivity index (χ1v) is 14.1. The molecular formula is C33H31N3O8. The fraction of sp³-hybridized carbons (Fsp3) is 0.242. The van der Waals surface area contributed by atoms with Crippen LogP contribution in [0.5, 0.6) is 23.0 Å². The highest BCUT2D eigenvalue weighted by Gasteiger charge is 2.34. The second-order valence-electron chi connectivity index (χ2n) is 11.0. The number of hydrogen-bond donors (Lipinski definition) is 4. The lowest BCUT2D eigenvalue weighted by Gasteiger charge is -2.33. The molecule has 2 aromatic heterocycles. The number of amides is 1. The number of likely N-dealkylation sites (N-methyl/N-ethyl adjacent to an activating group) is 1. The van der Waals surface area contributed by atoms with Gasteiger partial charge >= 0.3 is 0 Å². The van der Waals surface area contributed by atoms with Gasteiger partial charge in [-0.3, -0.25) is 14.4 Å². The van der Waals surface area contributed by atoms with Crippen LogP contribution in [0, 0.1) is 0 Å². The molecule has 1 saturated heterocycles. The van der Waals surface area contributed by atoms with Gasteiger partial charge in [0.1, 0.15) is 22.5 Å². The van der Waals surface area contributed by atoms with Crippen LogP contribution in [0.2, 0.25) is 0 Å². The van der Waals surface area contributed by atoms with E-state index in [4.69, 9.17) is 9.15 Å². The van der Waals surface area contributed by atoms with Gasteiger partial charge in [0.15, 0.2) is 16.9 Å². The van der Waals surface area contributed by atoms with Gasteiger partial charge in [0.05, 0.1) is 7.11 Å². The maximum atomic E-state index is 13.8. The highest BCUT2D eigenvalue weighted by molar-refractivity contribution is 5.94. The number of fused-ring (bicyclic) bond motifs is 2. The molecule has 1 atom stereocenters. The quantitative estimate of drug-likeness (QED) is 0.214. The van der Waals surface area contributed by atoms with Gasteiger partial charge in [-0.05, 0) is 31.3 Å². The van der Waals surface area contributed by atoms with Crippen molar-refractivity contribution in [1.29, 1.82) is 0 Å². The van der Waals surface area contributed by atoms with Crippen LogP contribution in [-0.2, 0) is 4.79 Å². The standard InChI is InChI=1S/C33H31N3O8/c1-35-10-12-36(13-11-35)26(38)16-21(22-15-19-14-20(43-2)8-9-23(19)34-33(22)42)27-29(39)31(41)30(40)28-24(37)17-25(44-32(27)28)18-6-4-3-5-7-18/h3-9,14-15,17,21,39-41H,10-13,16H2,1-2H3,(H,34,42)/t21-/m0/s1. The zero-order valence-corrected chi connectivity index (χ0v) is 24.2. The van der Waals surface area contributed by atoms with Crippen molar-refractivity contribution < 1.29 is 29.3 Å².